The average Bonchev–Trinajstić information content (AvgIpc) is 2.45. The van der Waals surface area contributed by atoms with Crippen molar-refractivity contribution in [3.63, 3.8) is 0 Å². The van der Waals surface area contributed by atoms with Crippen molar-refractivity contribution in [1.29, 1.82) is 0 Å². The number of aliphatic hydroxyl groups is 1. The van der Waals surface area contributed by atoms with Crippen LogP contribution in [-0.2, 0) is 12.8 Å². The first kappa shape index (κ1) is 15.5. The van der Waals surface area contributed by atoms with Crippen molar-refractivity contribution in [2.45, 2.75) is 25.9 Å². The molecule has 3 nitrogen and oxygen atoms in total. The Kier molecular flexibility index (Phi) is 4.99. The van der Waals surface area contributed by atoms with Crippen molar-refractivity contribution in [3.05, 3.63) is 69.7 Å². The maximum atomic E-state index is 11.2. The molecule has 0 spiro atoms. The normalized spacial score (nSPS) is 12.1. The molecule has 2 N–H and O–H groups in total. The molecule has 2 rings (SSSR count). The van der Waals surface area contributed by atoms with E-state index in [2.05, 4.69) is 0 Å². The van der Waals surface area contributed by atoms with Gasteiger partial charge in [0.2, 0.25) is 0 Å². The molecule has 0 aromatic heterocycles. The summed E-state index contributed by atoms with van der Waals surface area (Å²) in [7, 11) is 0. The predicted octanol–water partition coefficient (Wildman–Crippen LogP) is 3.88. The number of aliphatic hydroxyl groups excluding tert-OH is 1. The molecule has 0 fully saturated rings. The van der Waals surface area contributed by atoms with Gasteiger partial charge < -0.3 is 10.2 Å². The SMILES string of the molecule is C[C@H](O)c1ccc(CCc2ccccc2C(=O)O)cc1Cl. The van der Waals surface area contributed by atoms with Crippen molar-refractivity contribution in [3.8, 4) is 0 Å². The Hall–Kier alpha value is -1.84. The highest BCUT2D eigenvalue weighted by atomic mass is 35.5. The second kappa shape index (κ2) is 6.74. The third-order valence-electron chi connectivity index (χ3n) is 3.45. The second-order valence-corrected chi connectivity index (χ2v) is 5.40. The van der Waals surface area contributed by atoms with Crippen molar-refractivity contribution < 1.29 is 15.0 Å². The predicted molar refractivity (Wildman–Crippen MR) is 82.9 cm³/mol. The number of aromatic carboxylic acids is 1. The van der Waals surface area contributed by atoms with E-state index < -0.39 is 12.1 Å². The topological polar surface area (TPSA) is 57.5 Å². The van der Waals surface area contributed by atoms with Crippen LogP contribution in [0.1, 0.15) is 40.1 Å². The molecule has 0 saturated heterocycles. The van der Waals surface area contributed by atoms with Gasteiger partial charge in [-0.15, -0.1) is 0 Å². The molecule has 1 atom stereocenters. The monoisotopic (exact) mass is 304 g/mol. The standard InChI is InChI=1S/C17H17ClO3/c1-11(19)14-9-7-12(10-16(14)18)6-8-13-4-2-3-5-15(13)17(20)21/h2-5,7,9-11,19H,6,8H2,1H3,(H,20,21)/t11-/m0/s1. The number of hydrogen-bond acceptors (Lipinski definition) is 2. The highest BCUT2D eigenvalue weighted by Gasteiger charge is 2.10. The number of benzene rings is 2. The number of carboxylic acids is 1. The summed E-state index contributed by atoms with van der Waals surface area (Å²) in [6.07, 6.45) is 0.732. The molecule has 2 aromatic carbocycles. The lowest BCUT2D eigenvalue weighted by Crippen LogP contribution is -2.03. The highest BCUT2D eigenvalue weighted by Crippen LogP contribution is 2.24. The van der Waals surface area contributed by atoms with Crippen LogP contribution in [0.4, 0.5) is 0 Å². The second-order valence-electron chi connectivity index (χ2n) is 4.99. The molecule has 2 aromatic rings. The van der Waals surface area contributed by atoms with Crippen LogP contribution in [0, 0.1) is 0 Å². The lowest BCUT2D eigenvalue weighted by atomic mass is 9.98. The quantitative estimate of drug-likeness (QED) is 0.881. The summed E-state index contributed by atoms with van der Waals surface area (Å²) in [5.41, 5.74) is 2.86. The third-order valence-corrected chi connectivity index (χ3v) is 3.77. The molecule has 0 amide bonds. The van der Waals surface area contributed by atoms with Crippen LogP contribution in [-0.4, -0.2) is 16.2 Å². The Morgan fingerprint density at radius 1 is 1.19 bits per heavy atom. The van der Waals surface area contributed by atoms with E-state index in [4.69, 9.17) is 16.7 Å². The van der Waals surface area contributed by atoms with Gasteiger partial charge in [0, 0.05) is 5.02 Å². The zero-order valence-corrected chi connectivity index (χ0v) is 12.5. The van der Waals surface area contributed by atoms with Crippen LogP contribution in [0.25, 0.3) is 0 Å². The van der Waals surface area contributed by atoms with Gasteiger partial charge in [-0.25, -0.2) is 4.79 Å². The number of rotatable bonds is 5. The zero-order valence-electron chi connectivity index (χ0n) is 11.7. The Labute approximate surface area is 128 Å². The van der Waals surface area contributed by atoms with Gasteiger partial charge in [0.1, 0.15) is 0 Å². The first-order valence-corrected chi connectivity index (χ1v) is 7.14. The van der Waals surface area contributed by atoms with E-state index in [0.717, 1.165) is 11.1 Å². The Morgan fingerprint density at radius 2 is 1.90 bits per heavy atom. The van der Waals surface area contributed by atoms with Crippen LogP contribution >= 0.6 is 11.6 Å². The Balaban J connectivity index is 2.14. The van der Waals surface area contributed by atoms with Crippen LogP contribution in [0.3, 0.4) is 0 Å². The lowest BCUT2D eigenvalue weighted by molar-refractivity contribution is 0.0695. The minimum atomic E-state index is -0.909. The van der Waals surface area contributed by atoms with Gasteiger partial charge in [0.15, 0.2) is 0 Å². The van der Waals surface area contributed by atoms with Crippen LogP contribution in [0.5, 0.6) is 0 Å². The Morgan fingerprint density at radius 3 is 2.52 bits per heavy atom. The van der Waals surface area contributed by atoms with Crippen LogP contribution in [0.2, 0.25) is 5.02 Å². The van der Waals surface area contributed by atoms with E-state index in [0.29, 0.717) is 29.0 Å². The molecule has 0 radical (unpaired) electrons. The summed E-state index contributed by atoms with van der Waals surface area (Å²) in [4.78, 5) is 11.2. The van der Waals surface area contributed by atoms with Gasteiger partial charge in [0.05, 0.1) is 11.7 Å². The summed E-state index contributed by atoms with van der Waals surface area (Å²) in [5.74, 6) is -0.909. The molecule has 21 heavy (non-hydrogen) atoms. The van der Waals surface area contributed by atoms with Crippen molar-refractivity contribution in [2.24, 2.45) is 0 Å². The van der Waals surface area contributed by atoms with Crippen LogP contribution < -0.4 is 0 Å². The van der Waals surface area contributed by atoms with E-state index in [1.807, 2.05) is 30.3 Å². The minimum absolute atomic E-state index is 0.337. The molecule has 0 heterocycles. The van der Waals surface area contributed by atoms with Crippen molar-refractivity contribution in [2.75, 3.05) is 0 Å². The molecular weight excluding hydrogens is 288 g/mol. The highest BCUT2D eigenvalue weighted by molar-refractivity contribution is 6.31. The van der Waals surface area contributed by atoms with Gasteiger partial charge in [-0.1, -0.05) is 41.9 Å². The summed E-state index contributed by atoms with van der Waals surface area (Å²) in [5, 5.41) is 19.2. The maximum Gasteiger partial charge on any atom is 0.335 e. The van der Waals surface area contributed by atoms with E-state index in [1.165, 1.54) is 0 Å². The Bertz CT molecular complexity index is 650. The van der Waals surface area contributed by atoms with Crippen molar-refractivity contribution in [1.82, 2.24) is 0 Å². The average molecular weight is 305 g/mol. The number of aryl methyl sites for hydroxylation is 2. The molecule has 110 valence electrons. The number of carbonyl (C=O) groups is 1. The van der Waals surface area contributed by atoms with Crippen LogP contribution in [0.15, 0.2) is 42.5 Å². The van der Waals surface area contributed by atoms with Gasteiger partial charge >= 0.3 is 5.97 Å². The van der Waals surface area contributed by atoms with Gasteiger partial charge in [-0.05, 0) is 48.6 Å². The first-order valence-electron chi connectivity index (χ1n) is 6.76. The fraction of sp³-hybridized carbons (Fsp3) is 0.235. The molecule has 0 bridgehead atoms. The number of halogens is 1. The minimum Gasteiger partial charge on any atom is -0.478 e. The van der Waals surface area contributed by atoms with E-state index >= 15 is 0 Å². The summed E-state index contributed by atoms with van der Waals surface area (Å²) < 4.78 is 0. The van der Waals surface area contributed by atoms with Gasteiger partial charge in [0.25, 0.3) is 0 Å². The fourth-order valence-electron chi connectivity index (χ4n) is 2.29. The lowest BCUT2D eigenvalue weighted by Gasteiger charge is -2.10. The number of hydrogen-bond donors (Lipinski definition) is 2. The first-order chi connectivity index (χ1) is 9.99. The molecule has 0 saturated carbocycles. The smallest absolute Gasteiger partial charge is 0.335 e. The molecule has 0 aliphatic rings. The summed E-state index contributed by atoms with van der Waals surface area (Å²) >= 11 is 6.13. The fourth-order valence-corrected chi connectivity index (χ4v) is 2.65. The van der Waals surface area contributed by atoms with Crippen molar-refractivity contribution >= 4 is 17.6 Å². The molecular formula is C17H17ClO3. The molecule has 0 aliphatic heterocycles. The molecule has 0 unspecified atom stereocenters. The van der Waals surface area contributed by atoms with E-state index in [1.54, 1.807) is 19.1 Å². The maximum absolute atomic E-state index is 11.2. The van der Waals surface area contributed by atoms with Gasteiger partial charge in [-0.3, -0.25) is 0 Å². The molecule has 4 heteroatoms. The summed E-state index contributed by atoms with van der Waals surface area (Å²) in [6, 6.07) is 12.6. The van der Waals surface area contributed by atoms with E-state index in [9.17, 15) is 9.90 Å². The summed E-state index contributed by atoms with van der Waals surface area (Å²) in [6.45, 7) is 1.67. The largest absolute Gasteiger partial charge is 0.478 e. The number of carboxylic acid groups (broad SMARTS) is 1. The van der Waals surface area contributed by atoms with Gasteiger partial charge in [-0.2, -0.15) is 0 Å². The third kappa shape index (κ3) is 3.84. The zero-order chi connectivity index (χ0) is 15.4. The molecule has 0 aliphatic carbocycles. The van der Waals surface area contributed by atoms with E-state index in [-0.39, 0.29) is 0 Å².